The Balaban J connectivity index is 1.86. The Morgan fingerprint density at radius 1 is 0.875 bits per heavy atom. The maximum Gasteiger partial charge on any atom is 0.337 e. The topological polar surface area (TPSA) is 35.5 Å². The van der Waals surface area contributed by atoms with Gasteiger partial charge in [0.1, 0.15) is 5.75 Å². The lowest BCUT2D eigenvalue weighted by atomic mass is 10.0. The summed E-state index contributed by atoms with van der Waals surface area (Å²) in [5.74, 6) is 0.576. The number of halogens is 1. The normalized spacial score (nSPS) is 10.4. The molecule has 3 nitrogen and oxygen atoms in total. The number of ether oxygens (including phenoxy) is 2. The van der Waals surface area contributed by atoms with E-state index in [1.54, 1.807) is 12.1 Å². The van der Waals surface area contributed by atoms with E-state index in [0.29, 0.717) is 5.56 Å². The number of rotatable bonds is 9. The third-order valence-electron chi connectivity index (χ3n) is 3.79. The molecule has 0 aromatic heterocycles. The molecular weight excluding hydrogens is 368 g/mol. The average Bonchev–Trinajstić information content (AvgIpc) is 2.64. The number of carbonyl (C=O) groups is 1. The highest BCUT2D eigenvalue weighted by Gasteiger charge is 2.05. The van der Waals surface area contributed by atoms with Gasteiger partial charge in [0.05, 0.1) is 19.3 Å². The van der Waals surface area contributed by atoms with Crippen LogP contribution < -0.4 is 4.74 Å². The first-order chi connectivity index (χ1) is 11.7. The number of esters is 1. The number of carbonyl (C=O) groups excluding carboxylic acids is 1. The zero-order valence-electron chi connectivity index (χ0n) is 14.0. The van der Waals surface area contributed by atoms with E-state index >= 15 is 0 Å². The number of methoxy groups -OCH3 is 1. The molecule has 0 radical (unpaired) electrons. The largest absolute Gasteiger partial charge is 0.494 e. The van der Waals surface area contributed by atoms with Crippen LogP contribution in [-0.4, -0.2) is 25.0 Å². The van der Waals surface area contributed by atoms with Crippen molar-refractivity contribution in [2.24, 2.45) is 0 Å². The van der Waals surface area contributed by atoms with Crippen LogP contribution in [0.1, 0.15) is 36.0 Å². The van der Waals surface area contributed by atoms with E-state index in [4.69, 9.17) is 9.47 Å². The van der Waals surface area contributed by atoms with Gasteiger partial charge >= 0.3 is 5.97 Å². The molecule has 0 bridgehead atoms. The third-order valence-corrected chi connectivity index (χ3v) is 4.35. The standard InChI is InChI=1S/C20H23BrO3/c1-23-20(22)18-8-6-16(7-9-18)17-10-12-19(13-11-17)24-15-5-3-2-4-14-21/h6-13H,2-5,14-15H2,1H3. The lowest BCUT2D eigenvalue weighted by Crippen LogP contribution is -2.00. The van der Waals surface area contributed by atoms with Crippen molar-refractivity contribution < 1.29 is 14.3 Å². The van der Waals surface area contributed by atoms with Crippen LogP contribution in [0.4, 0.5) is 0 Å². The molecule has 0 unspecified atom stereocenters. The molecule has 0 saturated heterocycles. The highest BCUT2D eigenvalue weighted by atomic mass is 79.9. The molecule has 0 aliphatic carbocycles. The van der Waals surface area contributed by atoms with Crippen molar-refractivity contribution in [3.8, 4) is 16.9 Å². The van der Waals surface area contributed by atoms with E-state index in [9.17, 15) is 4.79 Å². The summed E-state index contributed by atoms with van der Waals surface area (Å²) < 4.78 is 10.5. The lowest BCUT2D eigenvalue weighted by Gasteiger charge is -2.08. The van der Waals surface area contributed by atoms with Crippen molar-refractivity contribution in [2.45, 2.75) is 25.7 Å². The average molecular weight is 391 g/mol. The van der Waals surface area contributed by atoms with E-state index < -0.39 is 0 Å². The van der Waals surface area contributed by atoms with Crippen molar-refractivity contribution in [1.82, 2.24) is 0 Å². The van der Waals surface area contributed by atoms with Gasteiger partial charge in [0.25, 0.3) is 0 Å². The molecule has 4 heteroatoms. The van der Waals surface area contributed by atoms with Gasteiger partial charge in [-0.15, -0.1) is 0 Å². The molecule has 0 fully saturated rings. The smallest absolute Gasteiger partial charge is 0.337 e. The van der Waals surface area contributed by atoms with Crippen LogP contribution in [0.5, 0.6) is 5.75 Å². The second kappa shape index (κ2) is 10.1. The minimum Gasteiger partial charge on any atom is -0.494 e. The summed E-state index contributed by atoms with van der Waals surface area (Å²) in [6.07, 6.45) is 4.76. The van der Waals surface area contributed by atoms with Crippen molar-refractivity contribution in [3.63, 3.8) is 0 Å². The summed E-state index contributed by atoms with van der Waals surface area (Å²) >= 11 is 3.44. The molecule has 0 heterocycles. The second-order valence-electron chi connectivity index (χ2n) is 5.54. The number of unbranched alkanes of at least 4 members (excludes halogenated alkanes) is 3. The molecule has 0 amide bonds. The van der Waals surface area contributed by atoms with Gasteiger partial charge in [-0.25, -0.2) is 4.79 Å². The van der Waals surface area contributed by atoms with Crippen LogP contribution in [0.3, 0.4) is 0 Å². The van der Waals surface area contributed by atoms with E-state index in [-0.39, 0.29) is 5.97 Å². The number of alkyl halides is 1. The van der Waals surface area contributed by atoms with Crippen LogP contribution in [0.15, 0.2) is 48.5 Å². The van der Waals surface area contributed by atoms with Gasteiger partial charge in [0.2, 0.25) is 0 Å². The van der Waals surface area contributed by atoms with Gasteiger partial charge in [-0.2, -0.15) is 0 Å². The Kier molecular flexibility index (Phi) is 7.83. The van der Waals surface area contributed by atoms with E-state index in [2.05, 4.69) is 15.9 Å². The fraction of sp³-hybridized carbons (Fsp3) is 0.350. The van der Waals surface area contributed by atoms with Gasteiger partial charge in [0, 0.05) is 5.33 Å². The molecule has 2 aromatic carbocycles. The minimum atomic E-state index is -0.318. The zero-order valence-corrected chi connectivity index (χ0v) is 15.6. The molecule has 0 N–H and O–H groups in total. The first kappa shape index (κ1) is 18.5. The van der Waals surface area contributed by atoms with Crippen LogP contribution in [0.2, 0.25) is 0 Å². The summed E-state index contributed by atoms with van der Waals surface area (Å²) in [6.45, 7) is 0.759. The monoisotopic (exact) mass is 390 g/mol. The Morgan fingerprint density at radius 3 is 2.04 bits per heavy atom. The summed E-state index contributed by atoms with van der Waals surface area (Å²) in [6, 6.07) is 15.4. The van der Waals surface area contributed by atoms with Crippen LogP contribution in [0, 0.1) is 0 Å². The highest BCUT2D eigenvalue weighted by Crippen LogP contribution is 2.23. The Labute approximate surface area is 152 Å². The van der Waals surface area contributed by atoms with E-state index in [1.807, 2.05) is 36.4 Å². The van der Waals surface area contributed by atoms with E-state index in [0.717, 1.165) is 35.2 Å². The Morgan fingerprint density at radius 2 is 1.46 bits per heavy atom. The van der Waals surface area contributed by atoms with Crippen molar-refractivity contribution >= 4 is 21.9 Å². The fourth-order valence-electron chi connectivity index (χ4n) is 2.40. The van der Waals surface area contributed by atoms with Gasteiger partial charge in [0.15, 0.2) is 0 Å². The third kappa shape index (κ3) is 5.68. The lowest BCUT2D eigenvalue weighted by molar-refractivity contribution is 0.0601. The van der Waals surface area contributed by atoms with Gasteiger partial charge in [-0.05, 0) is 48.2 Å². The second-order valence-corrected chi connectivity index (χ2v) is 6.34. The molecule has 128 valence electrons. The SMILES string of the molecule is COC(=O)c1ccc(-c2ccc(OCCCCCCBr)cc2)cc1. The molecular formula is C20H23BrO3. The summed E-state index contributed by atoms with van der Waals surface area (Å²) in [7, 11) is 1.39. The summed E-state index contributed by atoms with van der Waals surface area (Å²) in [4.78, 5) is 11.4. The van der Waals surface area contributed by atoms with Crippen LogP contribution in [0.25, 0.3) is 11.1 Å². The molecule has 2 rings (SSSR count). The molecule has 0 aliphatic rings. The fourth-order valence-corrected chi connectivity index (χ4v) is 2.80. The minimum absolute atomic E-state index is 0.318. The molecule has 24 heavy (non-hydrogen) atoms. The molecule has 0 atom stereocenters. The number of benzene rings is 2. The quantitative estimate of drug-likeness (QED) is 0.323. The zero-order chi connectivity index (χ0) is 17.2. The van der Waals surface area contributed by atoms with Crippen LogP contribution in [-0.2, 0) is 4.74 Å². The predicted molar refractivity (Wildman–Crippen MR) is 101 cm³/mol. The maximum atomic E-state index is 11.4. The molecule has 0 spiro atoms. The van der Waals surface area contributed by atoms with Gasteiger partial charge < -0.3 is 9.47 Å². The maximum absolute atomic E-state index is 11.4. The number of hydrogen-bond acceptors (Lipinski definition) is 3. The van der Waals surface area contributed by atoms with E-state index in [1.165, 1.54) is 26.4 Å². The molecule has 2 aromatic rings. The summed E-state index contributed by atoms with van der Waals surface area (Å²) in [5.41, 5.74) is 2.71. The first-order valence-corrected chi connectivity index (χ1v) is 9.34. The molecule has 0 aliphatic heterocycles. The van der Waals surface area contributed by atoms with Crippen molar-refractivity contribution in [1.29, 1.82) is 0 Å². The first-order valence-electron chi connectivity index (χ1n) is 8.22. The van der Waals surface area contributed by atoms with Gasteiger partial charge in [-0.1, -0.05) is 53.0 Å². The summed E-state index contributed by atoms with van der Waals surface area (Å²) in [5, 5.41) is 1.08. The van der Waals surface area contributed by atoms with Crippen LogP contribution >= 0.6 is 15.9 Å². The Hall–Kier alpha value is -1.81. The molecule has 0 saturated carbocycles. The highest BCUT2D eigenvalue weighted by molar-refractivity contribution is 9.09. The Bertz CT molecular complexity index is 620. The van der Waals surface area contributed by atoms with Crippen molar-refractivity contribution in [2.75, 3.05) is 19.0 Å². The van der Waals surface area contributed by atoms with Crippen molar-refractivity contribution in [3.05, 3.63) is 54.1 Å². The number of hydrogen-bond donors (Lipinski definition) is 0. The predicted octanol–water partition coefficient (Wildman–Crippen LogP) is 5.47. The van der Waals surface area contributed by atoms with Gasteiger partial charge in [-0.3, -0.25) is 0 Å².